The number of hydrogen-bond acceptors (Lipinski definition) is 4. The van der Waals surface area contributed by atoms with Gasteiger partial charge in [0.2, 0.25) is 0 Å². The van der Waals surface area contributed by atoms with Crippen molar-refractivity contribution in [2.75, 3.05) is 27.2 Å². The van der Waals surface area contributed by atoms with Crippen LogP contribution in [0.5, 0.6) is 0 Å². The van der Waals surface area contributed by atoms with E-state index in [4.69, 9.17) is 4.98 Å². The maximum absolute atomic E-state index is 13.4. The molecule has 0 unspecified atom stereocenters. The molecule has 2 aromatic carbocycles. The Kier molecular flexibility index (Phi) is 5.98. The molecule has 0 aliphatic rings. The first-order valence-corrected chi connectivity index (χ1v) is 9.17. The lowest BCUT2D eigenvalue weighted by molar-refractivity contribution is 0.376. The summed E-state index contributed by atoms with van der Waals surface area (Å²) < 4.78 is 15.0. The Balaban J connectivity index is 2.15. The van der Waals surface area contributed by atoms with Gasteiger partial charge in [0.1, 0.15) is 11.6 Å². The van der Waals surface area contributed by atoms with Gasteiger partial charge >= 0.3 is 0 Å². The maximum Gasteiger partial charge on any atom is 0.266 e. The second-order valence-corrected chi connectivity index (χ2v) is 6.82. The molecular formula is C21H25FN4O. The van der Waals surface area contributed by atoms with Gasteiger partial charge < -0.3 is 10.2 Å². The lowest BCUT2D eigenvalue weighted by Crippen LogP contribution is -2.34. The largest absolute Gasteiger partial charge is 0.308 e. The van der Waals surface area contributed by atoms with Gasteiger partial charge in [0.25, 0.3) is 5.56 Å². The molecule has 6 heteroatoms. The fourth-order valence-electron chi connectivity index (χ4n) is 3.10. The minimum Gasteiger partial charge on any atom is -0.308 e. The summed E-state index contributed by atoms with van der Waals surface area (Å²) in [6.07, 6.45) is 0.777. The molecule has 0 fully saturated rings. The summed E-state index contributed by atoms with van der Waals surface area (Å²) in [6, 6.07) is 13.2. The monoisotopic (exact) mass is 368 g/mol. The number of nitrogens with one attached hydrogen (secondary N) is 1. The van der Waals surface area contributed by atoms with Crippen LogP contribution < -0.4 is 10.9 Å². The first-order valence-electron chi connectivity index (χ1n) is 9.17. The van der Waals surface area contributed by atoms with Crippen molar-refractivity contribution in [2.45, 2.75) is 19.4 Å². The Morgan fingerprint density at radius 1 is 1.15 bits per heavy atom. The predicted molar refractivity (Wildman–Crippen MR) is 107 cm³/mol. The number of rotatable bonds is 7. The summed E-state index contributed by atoms with van der Waals surface area (Å²) in [5, 5.41) is 4.04. The molecule has 0 bridgehead atoms. The molecule has 0 aliphatic carbocycles. The Hall–Kier alpha value is -2.57. The lowest BCUT2D eigenvalue weighted by atomic mass is 10.1. The third-order valence-electron chi connectivity index (χ3n) is 4.56. The van der Waals surface area contributed by atoms with Crippen molar-refractivity contribution in [3.05, 3.63) is 70.5 Å². The quantitative estimate of drug-likeness (QED) is 0.696. The van der Waals surface area contributed by atoms with E-state index < -0.39 is 0 Å². The third-order valence-corrected chi connectivity index (χ3v) is 4.56. The Labute approximate surface area is 158 Å². The first-order chi connectivity index (χ1) is 13.0. The average Bonchev–Trinajstić information content (AvgIpc) is 2.66. The van der Waals surface area contributed by atoms with Crippen molar-refractivity contribution >= 4 is 10.9 Å². The molecule has 0 amide bonds. The minimum atomic E-state index is -0.335. The van der Waals surface area contributed by atoms with Gasteiger partial charge in [-0.1, -0.05) is 19.1 Å². The molecule has 142 valence electrons. The van der Waals surface area contributed by atoms with Crippen LogP contribution in [0, 0.1) is 5.82 Å². The van der Waals surface area contributed by atoms with Crippen LogP contribution in [-0.2, 0) is 0 Å². The van der Waals surface area contributed by atoms with Crippen LogP contribution in [-0.4, -0.2) is 41.6 Å². The van der Waals surface area contributed by atoms with E-state index in [2.05, 4.69) is 17.1 Å². The van der Waals surface area contributed by atoms with Crippen LogP contribution in [0.15, 0.2) is 53.3 Å². The maximum atomic E-state index is 13.4. The van der Waals surface area contributed by atoms with E-state index in [-0.39, 0.29) is 17.4 Å². The zero-order chi connectivity index (χ0) is 19.4. The van der Waals surface area contributed by atoms with Crippen LogP contribution in [0.25, 0.3) is 16.6 Å². The summed E-state index contributed by atoms with van der Waals surface area (Å²) in [4.78, 5) is 20.1. The van der Waals surface area contributed by atoms with Gasteiger partial charge in [-0.25, -0.2) is 9.37 Å². The molecule has 1 aromatic heterocycles. The van der Waals surface area contributed by atoms with E-state index in [0.29, 0.717) is 22.4 Å². The molecule has 1 heterocycles. The Morgan fingerprint density at radius 3 is 2.52 bits per heavy atom. The normalized spacial score (nSPS) is 12.6. The molecule has 27 heavy (non-hydrogen) atoms. The summed E-state index contributed by atoms with van der Waals surface area (Å²) in [5.74, 6) is 0.310. The molecule has 0 saturated carbocycles. The van der Waals surface area contributed by atoms with Crippen LogP contribution >= 0.6 is 0 Å². The SMILES string of the molecule is CC[C@H](NCCN(C)C)c1nc2ccccc2c(=O)n1-c1ccc(F)cc1. The number of benzene rings is 2. The van der Waals surface area contributed by atoms with E-state index in [1.54, 1.807) is 22.8 Å². The molecule has 3 rings (SSSR count). The molecule has 5 nitrogen and oxygen atoms in total. The highest BCUT2D eigenvalue weighted by molar-refractivity contribution is 5.77. The zero-order valence-electron chi connectivity index (χ0n) is 15.9. The van der Waals surface area contributed by atoms with Crippen LogP contribution in [0.1, 0.15) is 25.2 Å². The van der Waals surface area contributed by atoms with E-state index >= 15 is 0 Å². The first kappa shape index (κ1) is 19.2. The Morgan fingerprint density at radius 2 is 1.85 bits per heavy atom. The number of halogens is 1. The van der Waals surface area contributed by atoms with Gasteiger partial charge in [0.05, 0.1) is 22.6 Å². The minimum absolute atomic E-state index is 0.0905. The van der Waals surface area contributed by atoms with Crippen LogP contribution in [0.2, 0.25) is 0 Å². The summed E-state index contributed by atoms with van der Waals surface area (Å²) in [7, 11) is 4.04. The predicted octanol–water partition coefficient (Wildman–Crippen LogP) is 3.13. The average molecular weight is 368 g/mol. The van der Waals surface area contributed by atoms with E-state index in [1.165, 1.54) is 12.1 Å². The topological polar surface area (TPSA) is 50.2 Å². The van der Waals surface area contributed by atoms with Crippen molar-refractivity contribution in [3.8, 4) is 5.69 Å². The summed E-state index contributed by atoms with van der Waals surface area (Å²) in [6.45, 7) is 3.71. The van der Waals surface area contributed by atoms with Gasteiger partial charge in [0.15, 0.2) is 0 Å². The second kappa shape index (κ2) is 8.41. The number of fused-ring (bicyclic) bond motifs is 1. The lowest BCUT2D eigenvalue weighted by Gasteiger charge is -2.22. The molecular weight excluding hydrogens is 343 g/mol. The van der Waals surface area contributed by atoms with Crippen LogP contribution in [0.4, 0.5) is 4.39 Å². The summed E-state index contributed by atoms with van der Waals surface area (Å²) in [5.41, 5.74) is 1.14. The third kappa shape index (κ3) is 4.23. The highest BCUT2D eigenvalue weighted by Crippen LogP contribution is 2.20. The zero-order valence-corrected chi connectivity index (χ0v) is 15.9. The number of para-hydroxylation sites is 1. The molecule has 3 aromatic rings. The van der Waals surface area contributed by atoms with Crippen molar-refractivity contribution in [1.82, 2.24) is 19.8 Å². The molecule has 0 radical (unpaired) electrons. The highest BCUT2D eigenvalue weighted by atomic mass is 19.1. The van der Waals surface area contributed by atoms with E-state index in [0.717, 1.165) is 19.5 Å². The van der Waals surface area contributed by atoms with E-state index in [9.17, 15) is 9.18 Å². The molecule has 0 saturated heterocycles. The molecule has 0 spiro atoms. The smallest absolute Gasteiger partial charge is 0.266 e. The second-order valence-electron chi connectivity index (χ2n) is 6.82. The van der Waals surface area contributed by atoms with Gasteiger partial charge in [-0.05, 0) is 56.9 Å². The number of nitrogens with zero attached hydrogens (tertiary/aromatic N) is 3. The number of hydrogen-bond donors (Lipinski definition) is 1. The van der Waals surface area contributed by atoms with Crippen molar-refractivity contribution in [3.63, 3.8) is 0 Å². The van der Waals surface area contributed by atoms with E-state index in [1.807, 2.05) is 32.3 Å². The Bertz CT molecular complexity index is 966. The van der Waals surface area contributed by atoms with Crippen molar-refractivity contribution in [2.24, 2.45) is 0 Å². The highest BCUT2D eigenvalue weighted by Gasteiger charge is 2.19. The van der Waals surface area contributed by atoms with Gasteiger partial charge in [-0.15, -0.1) is 0 Å². The van der Waals surface area contributed by atoms with Gasteiger partial charge in [-0.2, -0.15) is 0 Å². The molecule has 0 aliphatic heterocycles. The van der Waals surface area contributed by atoms with Crippen molar-refractivity contribution < 1.29 is 4.39 Å². The molecule has 1 atom stereocenters. The van der Waals surface area contributed by atoms with Crippen molar-refractivity contribution in [1.29, 1.82) is 0 Å². The summed E-state index contributed by atoms with van der Waals surface area (Å²) >= 11 is 0. The fraction of sp³-hybridized carbons (Fsp3) is 0.333. The van der Waals surface area contributed by atoms with Gasteiger partial charge in [0, 0.05) is 13.1 Å². The fourth-order valence-corrected chi connectivity index (χ4v) is 3.10. The van der Waals surface area contributed by atoms with Crippen LogP contribution in [0.3, 0.4) is 0 Å². The molecule has 1 N–H and O–H groups in total. The van der Waals surface area contributed by atoms with Gasteiger partial charge in [-0.3, -0.25) is 9.36 Å². The number of aromatic nitrogens is 2. The number of likely N-dealkylation sites (N-methyl/N-ethyl adjacent to an activating group) is 1. The standard InChI is InChI=1S/C21H25FN4O/c1-4-18(23-13-14-25(2)3)20-24-19-8-6-5-7-17(19)21(27)26(20)16-11-9-15(22)10-12-16/h5-12,18,23H,4,13-14H2,1-3H3/t18-/m0/s1.